The van der Waals surface area contributed by atoms with Gasteiger partial charge in [-0.2, -0.15) is 5.10 Å². The summed E-state index contributed by atoms with van der Waals surface area (Å²) < 4.78 is 13.6. The van der Waals surface area contributed by atoms with Gasteiger partial charge in [-0.3, -0.25) is 4.90 Å². The van der Waals surface area contributed by atoms with Crippen molar-refractivity contribution >= 4 is 11.5 Å². The maximum atomic E-state index is 6.72. The molecule has 0 aliphatic carbocycles. The van der Waals surface area contributed by atoms with Crippen molar-refractivity contribution in [3.63, 3.8) is 0 Å². The van der Waals surface area contributed by atoms with Gasteiger partial charge in [0.1, 0.15) is 19.0 Å². The fraction of sp³-hybridized carbons (Fsp3) is 0.250. The molecule has 7 nitrogen and oxygen atoms in total. The summed E-state index contributed by atoms with van der Waals surface area (Å²) in [6.45, 7) is 5.62. The highest BCUT2D eigenvalue weighted by molar-refractivity contribution is 5.70. The van der Waals surface area contributed by atoms with Gasteiger partial charge in [0.05, 0.1) is 17.1 Å². The fourth-order valence-electron chi connectivity index (χ4n) is 4.89. The summed E-state index contributed by atoms with van der Waals surface area (Å²) >= 11 is 0. The number of nitrogens with zero attached hydrogens (tertiary/aromatic N) is 4. The second-order valence-electron chi connectivity index (χ2n) is 8.89. The van der Waals surface area contributed by atoms with Gasteiger partial charge in [-0.05, 0) is 24.3 Å². The van der Waals surface area contributed by atoms with E-state index in [-0.39, 0.29) is 0 Å². The van der Waals surface area contributed by atoms with Gasteiger partial charge >= 0.3 is 0 Å². The molecule has 6 rings (SSSR count). The molecule has 0 saturated carbocycles. The van der Waals surface area contributed by atoms with Crippen molar-refractivity contribution in [3.8, 4) is 28.4 Å². The second kappa shape index (κ2) is 9.35. The molecule has 0 bridgehead atoms. The summed E-state index contributed by atoms with van der Waals surface area (Å²) in [7, 11) is 0. The number of benzene rings is 3. The monoisotopic (exact) mass is 467 g/mol. The Kier molecular flexibility index (Phi) is 5.76. The molecule has 0 radical (unpaired) electrons. The number of piperazine rings is 1. The first-order chi connectivity index (χ1) is 17.3. The number of anilines is 2. The van der Waals surface area contributed by atoms with Gasteiger partial charge in [-0.15, -0.1) is 0 Å². The molecule has 2 N–H and O–H groups in total. The van der Waals surface area contributed by atoms with Crippen molar-refractivity contribution in [3.05, 3.63) is 84.4 Å². The van der Waals surface area contributed by atoms with E-state index < -0.39 is 0 Å². The molecule has 0 atom stereocenters. The van der Waals surface area contributed by atoms with Gasteiger partial charge < -0.3 is 20.1 Å². The first-order valence-corrected chi connectivity index (χ1v) is 12.1. The molecular formula is C28H29N5O2. The third kappa shape index (κ3) is 4.19. The second-order valence-corrected chi connectivity index (χ2v) is 8.89. The van der Waals surface area contributed by atoms with Gasteiger partial charge in [0.2, 0.25) is 0 Å². The number of ether oxygens (including phenoxy) is 2. The zero-order chi connectivity index (χ0) is 23.6. The summed E-state index contributed by atoms with van der Waals surface area (Å²) in [6.07, 6.45) is 0. The third-order valence-corrected chi connectivity index (χ3v) is 6.71. The van der Waals surface area contributed by atoms with Crippen LogP contribution in [0.4, 0.5) is 11.5 Å². The highest BCUT2D eigenvalue weighted by Crippen LogP contribution is 2.40. The summed E-state index contributed by atoms with van der Waals surface area (Å²) in [5, 5.41) is 4.95. The van der Waals surface area contributed by atoms with E-state index in [4.69, 9.17) is 20.3 Å². The van der Waals surface area contributed by atoms with Crippen molar-refractivity contribution in [2.24, 2.45) is 0 Å². The summed E-state index contributed by atoms with van der Waals surface area (Å²) in [4.78, 5) is 4.84. The lowest BCUT2D eigenvalue weighted by Crippen LogP contribution is -2.46. The van der Waals surface area contributed by atoms with Crippen LogP contribution in [0.25, 0.3) is 16.9 Å². The Balaban J connectivity index is 1.24. The SMILES string of the molecule is Nc1c(CN2CCN(c3cccc4c3OCCO4)CC2)c(-c2ccccc2)nn1-c1ccccc1. The third-order valence-electron chi connectivity index (χ3n) is 6.71. The minimum atomic E-state index is 0.594. The van der Waals surface area contributed by atoms with Gasteiger partial charge in [-0.1, -0.05) is 54.6 Å². The smallest absolute Gasteiger partial charge is 0.184 e. The number of nitrogen functional groups attached to an aromatic ring is 1. The van der Waals surface area contributed by atoms with Crippen LogP contribution in [0, 0.1) is 0 Å². The fourth-order valence-corrected chi connectivity index (χ4v) is 4.89. The van der Waals surface area contributed by atoms with Crippen molar-refractivity contribution in [2.75, 3.05) is 50.0 Å². The first-order valence-electron chi connectivity index (χ1n) is 12.1. The van der Waals surface area contributed by atoms with Crippen molar-refractivity contribution < 1.29 is 9.47 Å². The molecular weight excluding hydrogens is 438 g/mol. The molecule has 4 aromatic rings. The number of hydrogen-bond donors (Lipinski definition) is 1. The average molecular weight is 468 g/mol. The van der Waals surface area contributed by atoms with Crippen LogP contribution in [0.3, 0.4) is 0 Å². The number of hydrogen-bond acceptors (Lipinski definition) is 6. The van der Waals surface area contributed by atoms with E-state index in [1.807, 2.05) is 65.3 Å². The van der Waals surface area contributed by atoms with Crippen LogP contribution >= 0.6 is 0 Å². The zero-order valence-electron chi connectivity index (χ0n) is 19.6. The molecule has 1 saturated heterocycles. The number of para-hydroxylation sites is 2. The van der Waals surface area contributed by atoms with Crippen LogP contribution < -0.4 is 20.1 Å². The van der Waals surface area contributed by atoms with Gasteiger partial charge in [0.25, 0.3) is 0 Å². The highest BCUT2D eigenvalue weighted by atomic mass is 16.6. The Morgan fingerprint density at radius 1 is 0.771 bits per heavy atom. The highest BCUT2D eigenvalue weighted by Gasteiger charge is 2.26. The molecule has 0 amide bonds. The van der Waals surface area contributed by atoms with Crippen LogP contribution in [0.5, 0.6) is 11.5 Å². The lowest BCUT2D eigenvalue weighted by atomic mass is 10.1. The lowest BCUT2D eigenvalue weighted by molar-refractivity contribution is 0.171. The standard InChI is InChI=1S/C28H29N5O2/c29-28-23(26(21-8-3-1-4-9-21)30-33(28)22-10-5-2-6-11-22)20-31-14-16-32(17-15-31)24-12-7-13-25-27(24)35-19-18-34-25/h1-13H,14-20,29H2. The molecule has 2 aliphatic rings. The Hall–Kier alpha value is -3.97. The van der Waals surface area contributed by atoms with E-state index in [0.29, 0.717) is 19.0 Å². The maximum Gasteiger partial charge on any atom is 0.184 e. The largest absolute Gasteiger partial charge is 0.486 e. The number of nitrogens with two attached hydrogens (primary N) is 1. The van der Waals surface area contributed by atoms with Gasteiger partial charge in [0, 0.05) is 43.9 Å². The number of rotatable bonds is 5. The van der Waals surface area contributed by atoms with Gasteiger partial charge in [-0.25, -0.2) is 4.68 Å². The molecule has 1 fully saturated rings. The Labute approximate surface area is 205 Å². The van der Waals surface area contributed by atoms with Gasteiger partial charge in [0.15, 0.2) is 11.5 Å². The molecule has 0 spiro atoms. The Morgan fingerprint density at radius 2 is 1.49 bits per heavy atom. The van der Waals surface area contributed by atoms with Crippen molar-refractivity contribution in [1.29, 1.82) is 0 Å². The van der Waals surface area contributed by atoms with E-state index >= 15 is 0 Å². The normalized spacial score (nSPS) is 15.8. The molecule has 178 valence electrons. The van der Waals surface area contributed by atoms with E-state index in [9.17, 15) is 0 Å². The molecule has 1 aromatic heterocycles. The van der Waals surface area contributed by atoms with Crippen LogP contribution in [0.2, 0.25) is 0 Å². The minimum absolute atomic E-state index is 0.594. The number of fused-ring (bicyclic) bond motifs is 1. The predicted octanol–water partition coefficient (Wildman–Crippen LogP) is 4.21. The van der Waals surface area contributed by atoms with E-state index in [1.54, 1.807) is 0 Å². The van der Waals surface area contributed by atoms with E-state index in [0.717, 1.165) is 72.4 Å². The summed E-state index contributed by atoms with van der Waals surface area (Å²) in [5.41, 5.74) is 11.9. The van der Waals surface area contributed by atoms with E-state index in [1.165, 1.54) is 0 Å². The molecule has 0 unspecified atom stereocenters. The van der Waals surface area contributed by atoms with Crippen LogP contribution in [0.1, 0.15) is 5.56 Å². The Bertz CT molecular complexity index is 1300. The average Bonchev–Trinajstić information content (AvgIpc) is 3.25. The van der Waals surface area contributed by atoms with E-state index in [2.05, 4.69) is 28.0 Å². The molecule has 35 heavy (non-hydrogen) atoms. The molecule has 3 aromatic carbocycles. The van der Waals surface area contributed by atoms with Crippen LogP contribution in [-0.4, -0.2) is 54.1 Å². The maximum absolute atomic E-state index is 6.72. The quantitative estimate of drug-likeness (QED) is 0.474. The van der Waals surface area contributed by atoms with Crippen molar-refractivity contribution in [2.45, 2.75) is 6.54 Å². The number of aromatic nitrogens is 2. The topological polar surface area (TPSA) is 68.8 Å². The van der Waals surface area contributed by atoms with Crippen molar-refractivity contribution in [1.82, 2.24) is 14.7 Å². The molecule has 7 heteroatoms. The lowest BCUT2D eigenvalue weighted by Gasteiger charge is -2.37. The minimum Gasteiger partial charge on any atom is -0.486 e. The first kappa shape index (κ1) is 21.6. The zero-order valence-corrected chi connectivity index (χ0v) is 19.6. The summed E-state index contributed by atoms with van der Waals surface area (Å²) in [5.74, 6) is 2.40. The molecule has 2 aliphatic heterocycles. The predicted molar refractivity (Wildman–Crippen MR) is 138 cm³/mol. The molecule has 3 heterocycles. The van der Waals surface area contributed by atoms with Crippen LogP contribution in [-0.2, 0) is 6.54 Å². The Morgan fingerprint density at radius 3 is 2.26 bits per heavy atom. The van der Waals surface area contributed by atoms with Crippen LogP contribution in [0.15, 0.2) is 78.9 Å². The summed E-state index contributed by atoms with van der Waals surface area (Å²) in [6, 6.07) is 26.5.